The molecular weight excluding hydrogens is 457 g/mol. The number of nitrogens with zero attached hydrogens (tertiary/aromatic N) is 1. The van der Waals surface area contributed by atoms with Gasteiger partial charge in [-0.25, -0.2) is 4.39 Å². The van der Waals surface area contributed by atoms with Gasteiger partial charge in [0.1, 0.15) is 11.6 Å². The van der Waals surface area contributed by atoms with Gasteiger partial charge in [0.2, 0.25) is 11.7 Å². The molecule has 0 atom stereocenters. The maximum absolute atomic E-state index is 14.0. The van der Waals surface area contributed by atoms with Crippen LogP contribution < -0.4 is 4.74 Å². The lowest BCUT2D eigenvalue weighted by Crippen LogP contribution is -2.02. The van der Waals surface area contributed by atoms with Crippen LogP contribution in [0.2, 0.25) is 0 Å². The molecule has 34 heavy (non-hydrogen) atoms. The molecule has 0 spiro atoms. The predicted octanol–water partition coefficient (Wildman–Crippen LogP) is 6.14. The summed E-state index contributed by atoms with van der Waals surface area (Å²) in [6, 6.07) is 16.4. The normalized spacial score (nSPS) is 11.0. The van der Waals surface area contributed by atoms with E-state index in [1.165, 1.54) is 29.7 Å². The molecule has 0 aliphatic rings. The smallest absolute Gasteiger partial charge is 0.299 e. The van der Waals surface area contributed by atoms with Gasteiger partial charge in [0, 0.05) is 26.8 Å². The maximum Gasteiger partial charge on any atom is 0.299 e. The number of phenols is 1. The van der Waals surface area contributed by atoms with Crippen molar-refractivity contribution in [3.05, 3.63) is 88.7 Å². The molecule has 8 heteroatoms. The number of oxazole rings is 1. The van der Waals surface area contributed by atoms with E-state index in [2.05, 4.69) is 9.72 Å². The van der Waals surface area contributed by atoms with Crippen molar-refractivity contribution in [2.45, 2.75) is 6.92 Å². The molecule has 2 aromatic heterocycles. The number of aromatic nitrogens is 1. The Balaban J connectivity index is 1.62. The number of fused-ring (bicyclic) bond motifs is 1. The van der Waals surface area contributed by atoms with Gasteiger partial charge in [-0.15, -0.1) is 11.3 Å². The largest absolute Gasteiger partial charge is 0.508 e. The number of rotatable bonds is 6. The van der Waals surface area contributed by atoms with Crippen molar-refractivity contribution >= 4 is 33.7 Å². The van der Waals surface area contributed by atoms with Crippen molar-refractivity contribution in [2.24, 2.45) is 0 Å². The minimum atomic E-state index is -0.475. The lowest BCUT2D eigenvalue weighted by Gasteiger charge is -2.07. The third-order valence-corrected chi connectivity index (χ3v) is 6.41. The fourth-order valence-electron chi connectivity index (χ4n) is 3.80. The minimum absolute atomic E-state index is 0.0518. The highest BCUT2D eigenvalue weighted by atomic mass is 32.1. The van der Waals surface area contributed by atoms with Crippen molar-refractivity contribution in [2.75, 3.05) is 0 Å². The fraction of sp³-hybridized carbons (Fsp3) is 0.0385. The van der Waals surface area contributed by atoms with Crippen LogP contribution in [0, 0.1) is 12.7 Å². The van der Waals surface area contributed by atoms with Gasteiger partial charge >= 0.3 is 0 Å². The van der Waals surface area contributed by atoms with E-state index in [9.17, 15) is 19.1 Å². The highest BCUT2D eigenvalue weighted by Crippen LogP contribution is 2.41. The van der Waals surface area contributed by atoms with E-state index >= 15 is 0 Å². The number of aromatic hydroxyl groups is 1. The standard InChI is InChI=1S/C26H16FNO5S/c1-14-8-17(10-18(27)9-14)24(31)25-23(20-7-6-19(30)11-21(20)34-25)15-2-4-16(5-3-15)26-28-22(12-32-26)33-13-29/h2-13,30H,1H3. The number of benzene rings is 3. The monoisotopic (exact) mass is 473 g/mol. The Morgan fingerprint density at radius 2 is 1.85 bits per heavy atom. The summed E-state index contributed by atoms with van der Waals surface area (Å²) in [7, 11) is 0. The number of halogens is 1. The Hall–Kier alpha value is -4.30. The summed E-state index contributed by atoms with van der Waals surface area (Å²) in [6.07, 6.45) is 1.23. The molecule has 168 valence electrons. The lowest BCUT2D eigenvalue weighted by molar-refractivity contribution is -0.120. The van der Waals surface area contributed by atoms with Gasteiger partial charge in [0.05, 0.1) is 4.88 Å². The minimum Gasteiger partial charge on any atom is -0.508 e. The predicted molar refractivity (Wildman–Crippen MR) is 126 cm³/mol. The van der Waals surface area contributed by atoms with E-state index in [4.69, 9.17) is 4.42 Å². The number of hydrogen-bond donors (Lipinski definition) is 1. The number of carbonyl (C=O) groups excluding carboxylic acids is 2. The number of ketones is 1. The van der Waals surface area contributed by atoms with Crippen LogP contribution in [0.25, 0.3) is 32.7 Å². The molecule has 1 N–H and O–H groups in total. The Bertz CT molecular complexity index is 1530. The Kier molecular flexibility index (Phi) is 5.43. The second-order valence-electron chi connectivity index (χ2n) is 7.62. The average Bonchev–Trinajstić information content (AvgIpc) is 3.43. The van der Waals surface area contributed by atoms with Gasteiger partial charge in [-0.05, 0) is 66.6 Å². The van der Waals surface area contributed by atoms with E-state index < -0.39 is 5.82 Å². The van der Waals surface area contributed by atoms with Crippen LogP contribution in [0.1, 0.15) is 20.8 Å². The molecule has 0 saturated carbocycles. The van der Waals surface area contributed by atoms with Gasteiger partial charge < -0.3 is 14.3 Å². The summed E-state index contributed by atoms with van der Waals surface area (Å²) in [5.74, 6) is -0.359. The van der Waals surface area contributed by atoms with Gasteiger partial charge in [-0.3, -0.25) is 9.59 Å². The summed E-state index contributed by atoms with van der Waals surface area (Å²) in [4.78, 5) is 28.5. The summed E-state index contributed by atoms with van der Waals surface area (Å²) >= 11 is 1.24. The van der Waals surface area contributed by atoms with E-state index in [1.807, 2.05) is 12.1 Å². The highest BCUT2D eigenvalue weighted by molar-refractivity contribution is 7.21. The molecule has 2 heterocycles. The summed E-state index contributed by atoms with van der Waals surface area (Å²) in [6.45, 7) is 2.00. The first-order valence-electron chi connectivity index (χ1n) is 10.2. The van der Waals surface area contributed by atoms with Crippen LogP contribution in [-0.2, 0) is 4.79 Å². The fourth-order valence-corrected chi connectivity index (χ4v) is 5.02. The highest BCUT2D eigenvalue weighted by Gasteiger charge is 2.22. The molecule has 3 aromatic carbocycles. The first-order valence-corrected chi connectivity index (χ1v) is 11.0. The third-order valence-electron chi connectivity index (χ3n) is 5.26. The van der Waals surface area contributed by atoms with E-state index in [0.717, 1.165) is 15.6 Å². The van der Waals surface area contributed by atoms with Crippen LogP contribution >= 0.6 is 11.3 Å². The molecule has 0 fully saturated rings. The molecule has 0 bridgehead atoms. The Labute approximate surface area is 196 Å². The lowest BCUT2D eigenvalue weighted by atomic mass is 9.97. The zero-order valence-electron chi connectivity index (χ0n) is 17.7. The molecule has 0 amide bonds. The van der Waals surface area contributed by atoms with Crippen LogP contribution in [0.4, 0.5) is 4.39 Å². The molecule has 0 saturated heterocycles. The van der Waals surface area contributed by atoms with Gasteiger partial charge in [0.25, 0.3) is 12.4 Å². The van der Waals surface area contributed by atoms with Crippen LogP contribution in [0.3, 0.4) is 0 Å². The Morgan fingerprint density at radius 3 is 2.59 bits per heavy atom. The average molecular weight is 473 g/mol. The van der Waals surface area contributed by atoms with Gasteiger partial charge in [0.15, 0.2) is 6.26 Å². The molecule has 6 nitrogen and oxygen atoms in total. The topological polar surface area (TPSA) is 89.6 Å². The second kappa shape index (κ2) is 8.57. The molecular formula is C26H16FNO5S. The number of ether oxygens (including phenoxy) is 1. The van der Waals surface area contributed by atoms with Crippen molar-refractivity contribution in [3.8, 4) is 34.2 Å². The number of carbonyl (C=O) groups is 2. The van der Waals surface area contributed by atoms with Crippen molar-refractivity contribution in [1.82, 2.24) is 4.98 Å². The van der Waals surface area contributed by atoms with Gasteiger partial charge in [-0.1, -0.05) is 12.1 Å². The molecule has 0 unspecified atom stereocenters. The number of phenolic OH excluding ortho intramolecular Hbond substituents is 1. The first kappa shape index (κ1) is 21.5. The zero-order valence-corrected chi connectivity index (χ0v) is 18.6. The molecule has 0 radical (unpaired) electrons. The van der Waals surface area contributed by atoms with E-state index in [1.54, 1.807) is 43.3 Å². The zero-order chi connectivity index (χ0) is 23.8. The van der Waals surface area contributed by atoms with Crippen LogP contribution in [-0.4, -0.2) is 22.3 Å². The Morgan fingerprint density at radius 1 is 1.09 bits per heavy atom. The third kappa shape index (κ3) is 3.95. The van der Waals surface area contributed by atoms with E-state index in [0.29, 0.717) is 21.6 Å². The molecule has 0 aliphatic carbocycles. The summed E-state index contributed by atoms with van der Waals surface area (Å²) in [5, 5.41) is 10.8. The van der Waals surface area contributed by atoms with Crippen LogP contribution in [0.5, 0.6) is 11.6 Å². The van der Waals surface area contributed by atoms with Crippen molar-refractivity contribution in [3.63, 3.8) is 0 Å². The van der Waals surface area contributed by atoms with Crippen molar-refractivity contribution < 1.29 is 28.2 Å². The molecule has 5 aromatic rings. The number of hydrogen-bond acceptors (Lipinski definition) is 7. The summed E-state index contributed by atoms with van der Waals surface area (Å²) in [5.41, 5.74) is 3.00. The van der Waals surface area contributed by atoms with Crippen LogP contribution in [0.15, 0.2) is 71.3 Å². The second-order valence-corrected chi connectivity index (χ2v) is 8.67. The number of thiophene rings is 1. The summed E-state index contributed by atoms with van der Waals surface area (Å²) < 4.78 is 24.8. The maximum atomic E-state index is 14.0. The quantitative estimate of drug-likeness (QED) is 0.235. The number of aryl methyl sites for hydroxylation is 1. The molecule has 0 aliphatic heterocycles. The first-order chi connectivity index (χ1) is 16.4. The van der Waals surface area contributed by atoms with E-state index in [-0.39, 0.29) is 35.3 Å². The SMILES string of the molecule is Cc1cc(F)cc(C(=O)c2sc3cc(O)ccc3c2-c2ccc(-c3nc(OC=O)co3)cc2)c1. The molecule has 5 rings (SSSR count). The van der Waals surface area contributed by atoms with Gasteiger partial charge in [-0.2, -0.15) is 4.98 Å². The van der Waals surface area contributed by atoms with Crippen molar-refractivity contribution in [1.29, 1.82) is 0 Å².